The quantitative estimate of drug-likeness (QED) is 0.669. The van der Waals surface area contributed by atoms with Crippen molar-refractivity contribution < 1.29 is 13.7 Å². The van der Waals surface area contributed by atoms with Gasteiger partial charge in [-0.3, -0.25) is 9.00 Å². The first-order valence-electron chi connectivity index (χ1n) is 9.47. The van der Waals surface area contributed by atoms with Gasteiger partial charge in [-0.15, -0.1) is 0 Å². The normalized spacial score (nSPS) is 18.5. The molecule has 1 aliphatic rings. The van der Waals surface area contributed by atoms with Crippen LogP contribution in [0.1, 0.15) is 37.0 Å². The molecule has 29 heavy (non-hydrogen) atoms. The molecule has 1 aromatic heterocycles. The summed E-state index contributed by atoms with van der Waals surface area (Å²) in [5, 5.41) is 4.30. The van der Waals surface area contributed by atoms with E-state index in [-0.39, 0.29) is 15.3 Å². The van der Waals surface area contributed by atoms with Crippen molar-refractivity contribution in [3.05, 3.63) is 51.4 Å². The number of anilines is 1. The number of nitrogens with zero attached hydrogens (tertiary/aromatic N) is 3. The maximum atomic E-state index is 13.0. The lowest BCUT2D eigenvalue weighted by atomic mass is 10.0. The Morgan fingerprint density at radius 3 is 2.62 bits per heavy atom. The highest BCUT2D eigenvalue weighted by Crippen LogP contribution is 2.33. The maximum absolute atomic E-state index is 13.0. The van der Waals surface area contributed by atoms with Gasteiger partial charge < -0.3 is 9.64 Å². The van der Waals surface area contributed by atoms with Crippen LogP contribution in [-0.2, 0) is 15.5 Å². The van der Waals surface area contributed by atoms with Crippen LogP contribution in [0.5, 0.6) is 0 Å². The average molecular weight is 438 g/mol. The number of esters is 1. The van der Waals surface area contributed by atoms with E-state index in [4.69, 9.17) is 16.3 Å². The number of hydrogen-bond acceptors (Lipinski definition) is 6. The summed E-state index contributed by atoms with van der Waals surface area (Å²) in [4.78, 5) is 27.0. The van der Waals surface area contributed by atoms with Crippen LogP contribution in [-0.4, -0.2) is 50.7 Å². The van der Waals surface area contributed by atoms with Gasteiger partial charge in [0.15, 0.2) is 0 Å². The van der Waals surface area contributed by atoms with E-state index in [2.05, 4.69) is 5.10 Å². The Hall–Kier alpha value is -2.19. The highest BCUT2D eigenvalue weighted by Gasteiger charge is 2.39. The smallest absolute Gasteiger partial charge is 0.340 e. The van der Waals surface area contributed by atoms with E-state index in [0.29, 0.717) is 30.2 Å². The number of carbonyl (C=O) groups excluding carboxylic acids is 1. The summed E-state index contributed by atoms with van der Waals surface area (Å²) >= 11 is 6.46. The standard InChI is InChI=1S/C20H24ClN3O4S/c1-4-20(5-2)13-23(10-11-29(20)27)16-12-22-24(18(25)17(16)21)15-9-7-6-8-14(15)19(26)28-3/h6-9,12H,4-5,10-11,13H2,1-3H3. The average Bonchev–Trinajstić information content (AvgIpc) is 2.76. The second kappa shape index (κ2) is 8.67. The van der Waals surface area contributed by atoms with Gasteiger partial charge in [0.05, 0.1) is 35.0 Å². The van der Waals surface area contributed by atoms with E-state index < -0.39 is 22.3 Å². The van der Waals surface area contributed by atoms with Gasteiger partial charge in [-0.2, -0.15) is 9.78 Å². The van der Waals surface area contributed by atoms with Crippen molar-refractivity contribution in [1.29, 1.82) is 0 Å². The van der Waals surface area contributed by atoms with E-state index in [9.17, 15) is 13.8 Å². The molecule has 9 heteroatoms. The number of rotatable bonds is 5. The van der Waals surface area contributed by atoms with Crippen molar-refractivity contribution in [3.63, 3.8) is 0 Å². The summed E-state index contributed by atoms with van der Waals surface area (Å²) in [6, 6.07) is 6.56. The Kier molecular flexibility index (Phi) is 6.43. The fourth-order valence-corrected chi connectivity index (χ4v) is 5.68. The number of methoxy groups -OCH3 is 1. The van der Waals surface area contributed by atoms with E-state index in [1.165, 1.54) is 13.3 Å². The third kappa shape index (κ3) is 3.83. The zero-order chi connectivity index (χ0) is 21.2. The summed E-state index contributed by atoms with van der Waals surface area (Å²) in [5.41, 5.74) is 0.518. The van der Waals surface area contributed by atoms with Gasteiger partial charge in [-0.05, 0) is 25.0 Å². The molecule has 0 N–H and O–H groups in total. The minimum atomic E-state index is -0.927. The van der Waals surface area contributed by atoms with E-state index in [1.54, 1.807) is 24.3 Å². The molecule has 1 saturated heterocycles. The number of benzene rings is 1. The first kappa shape index (κ1) is 21.5. The van der Waals surface area contributed by atoms with Crippen molar-refractivity contribution in [3.8, 4) is 5.69 Å². The number of aromatic nitrogens is 2. The molecule has 3 rings (SSSR count). The van der Waals surface area contributed by atoms with Crippen LogP contribution in [0.25, 0.3) is 5.69 Å². The van der Waals surface area contributed by atoms with Crippen molar-refractivity contribution in [2.75, 3.05) is 30.9 Å². The van der Waals surface area contributed by atoms with Crippen molar-refractivity contribution in [2.45, 2.75) is 31.4 Å². The van der Waals surface area contributed by atoms with Gasteiger partial charge in [0, 0.05) is 29.6 Å². The molecule has 0 aliphatic carbocycles. The zero-order valence-electron chi connectivity index (χ0n) is 16.7. The molecule has 0 amide bonds. The Balaban J connectivity index is 2.03. The summed E-state index contributed by atoms with van der Waals surface area (Å²) in [6.07, 6.45) is 3.09. The molecular formula is C20H24ClN3O4S. The van der Waals surface area contributed by atoms with Gasteiger partial charge in [0.2, 0.25) is 0 Å². The minimum absolute atomic E-state index is 0.0217. The van der Waals surface area contributed by atoms with Crippen LogP contribution >= 0.6 is 11.6 Å². The fourth-order valence-electron chi connectivity index (χ4n) is 3.67. The second-order valence-corrected chi connectivity index (χ2v) is 9.27. The molecule has 1 atom stereocenters. The predicted molar refractivity (Wildman–Crippen MR) is 115 cm³/mol. The van der Waals surface area contributed by atoms with Crippen molar-refractivity contribution in [2.24, 2.45) is 0 Å². The largest absolute Gasteiger partial charge is 0.465 e. The van der Waals surface area contributed by atoms with Crippen LogP contribution in [0.3, 0.4) is 0 Å². The Morgan fingerprint density at radius 1 is 1.28 bits per heavy atom. The molecule has 0 spiro atoms. The molecule has 1 fully saturated rings. The second-order valence-electron chi connectivity index (χ2n) is 6.93. The van der Waals surface area contributed by atoms with Crippen LogP contribution < -0.4 is 10.5 Å². The van der Waals surface area contributed by atoms with Gasteiger partial charge in [0.1, 0.15) is 5.02 Å². The lowest BCUT2D eigenvalue weighted by Gasteiger charge is -2.42. The Bertz CT molecular complexity index is 1000. The molecule has 1 unspecified atom stereocenters. The number of carbonyl (C=O) groups is 1. The van der Waals surface area contributed by atoms with Crippen LogP contribution in [0.4, 0.5) is 5.69 Å². The summed E-state index contributed by atoms with van der Waals surface area (Å²) in [7, 11) is 0.351. The molecule has 156 valence electrons. The Labute approximate surface area is 177 Å². The fraction of sp³-hybridized carbons (Fsp3) is 0.450. The number of halogens is 1. The molecule has 0 bridgehead atoms. The number of para-hydroxylation sites is 1. The van der Waals surface area contributed by atoms with Crippen molar-refractivity contribution >= 4 is 34.1 Å². The van der Waals surface area contributed by atoms with E-state index in [0.717, 1.165) is 17.5 Å². The Morgan fingerprint density at radius 2 is 1.97 bits per heavy atom. The van der Waals surface area contributed by atoms with Crippen molar-refractivity contribution in [1.82, 2.24) is 9.78 Å². The lowest BCUT2D eigenvalue weighted by molar-refractivity contribution is 0.0600. The minimum Gasteiger partial charge on any atom is -0.465 e. The molecule has 0 saturated carbocycles. The molecule has 2 aromatic rings. The van der Waals surface area contributed by atoms with Crippen LogP contribution in [0, 0.1) is 0 Å². The summed E-state index contributed by atoms with van der Waals surface area (Å²) < 4.78 is 18.2. The SMILES string of the molecule is CCC1(CC)CN(c2cnn(-c3ccccc3C(=O)OC)c(=O)c2Cl)CCS1=O. The molecule has 7 nitrogen and oxygen atoms in total. The first-order chi connectivity index (χ1) is 13.9. The van der Waals surface area contributed by atoms with Gasteiger partial charge in [-0.25, -0.2) is 4.79 Å². The van der Waals surface area contributed by atoms with E-state index in [1.807, 2.05) is 18.7 Å². The van der Waals surface area contributed by atoms with E-state index >= 15 is 0 Å². The summed E-state index contributed by atoms with van der Waals surface area (Å²) in [5.74, 6) is -0.0459. The highest BCUT2D eigenvalue weighted by atomic mass is 35.5. The van der Waals surface area contributed by atoms with Crippen LogP contribution in [0.2, 0.25) is 5.02 Å². The molecular weight excluding hydrogens is 414 g/mol. The summed E-state index contributed by atoms with van der Waals surface area (Å²) in [6.45, 7) is 5.16. The number of hydrogen-bond donors (Lipinski definition) is 0. The molecule has 2 heterocycles. The lowest BCUT2D eigenvalue weighted by Crippen LogP contribution is -2.53. The number of ether oxygens (including phenoxy) is 1. The topological polar surface area (TPSA) is 81.5 Å². The van der Waals surface area contributed by atoms with Crippen LogP contribution in [0.15, 0.2) is 35.3 Å². The van der Waals surface area contributed by atoms with Gasteiger partial charge in [0.25, 0.3) is 5.56 Å². The van der Waals surface area contributed by atoms with Gasteiger partial charge >= 0.3 is 5.97 Å². The molecule has 1 aromatic carbocycles. The first-order valence-corrected chi connectivity index (χ1v) is 11.2. The predicted octanol–water partition coefficient (Wildman–Crippen LogP) is 2.80. The molecule has 1 aliphatic heterocycles. The third-order valence-electron chi connectivity index (χ3n) is 5.58. The third-order valence-corrected chi connectivity index (χ3v) is 8.16. The maximum Gasteiger partial charge on any atom is 0.340 e. The zero-order valence-corrected chi connectivity index (χ0v) is 18.3. The molecule has 0 radical (unpaired) electrons. The monoisotopic (exact) mass is 437 g/mol. The highest BCUT2D eigenvalue weighted by molar-refractivity contribution is 7.86. The van der Waals surface area contributed by atoms with Gasteiger partial charge in [-0.1, -0.05) is 37.6 Å².